The van der Waals surface area contributed by atoms with E-state index < -0.39 is 28.1 Å². The number of nitrogen functional groups attached to an aromatic ring is 1. The van der Waals surface area contributed by atoms with Crippen LogP contribution in [0.25, 0.3) is 0 Å². The first-order valence-corrected chi connectivity index (χ1v) is 11.5. The Bertz CT molecular complexity index is 1100. The molecule has 0 aliphatic carbocycles. The van der Waals surface area contributed by atoms with Crippen molar-refractivity contribution in [2.24, 2.45) is 0 Å². The zero-order valence-corrected chi connectivity index (χ0v) is 21.4. The van der Waals surface area contributed by atoms with Crippen LogP contribution in [0.3, 0.4) is 0 Å². The summed E-state index contributed by atoms with van der Waals surface area (Å²) in [6.45, 7) is 6.49. The van der Waals surface area contributed by atoms with Crippen LogP contribution in [0.15, 0.2) is 12.1 Å². The van der Waals surface area contributed by atoms with Gasteiger partial charge in [0.1, 0.15) is 10.5 Å². The molecular weight excluding hydrogens is 484 g/mol. The van der Waals surface area contributed by atoms with Crippen molar-refractivity contribution >= 4 is 46.0 Å². The third-order valence-corrected chi connectivity index (χ3v) is 6.15. The van der Waals surface area contributed by atoms with Crippen molar-refractivity contribution in [2.45, 2.75) is 51.7 Å². The number of nitro groups is 1. The molecular formula is C22H28N2O8S2. The van der Waals surface area contributed by atoms with Crippen LogP contribution in [-0.4, -0.2) is 52.5 Å². The first-order chi connectivity index (χ1) is 15.6. The van der Waals surface area contributed by atoms with E-state index >= 15 is 0 Å². The van der Waals surface area contributed by atoms with Crippen LogP contribution in [0.5, 0.6) is 0 Å². The maximum Gasteiger partial charge on any atom is 0.355 e. The highest BCUT2D eigenvalue weighted by Crippen LogP contribution is 2.29. The molecule has 4 N–H and O–H groups in total. The molecule has 0 unspecified atom stereocenters. The van der Waals surface area contributed by atoms with Crippen molar-refractivity contribution in [3.8, 4) is 11.8 Å². The van der Waals surface area contributed by atoms with Crippen LogP contribution in [0.1, 0.15) is 63.2 Å². The maximum atomic E-state index is 11.3. The minimum atomic E-state index is -1.20. The Morgan fingerprint density at radius 2 is 1.65 bits per heavy atom. The summed E-state index contributed by atoms with van der Waals surface area (Å²) in [5.74, 6) is 3.92. The van der Waals surface area contributed by atoms with Crippen molar-refractivity contribution in [1.82, 2.24) is 0 Å². The lowest BCUT2D eigenvalue weighted by atomic mass is 10.0. The fourth-order valence-electron chi connectivity index (χ4n) is 2.30. The lowest BCUT2D eigenvalue weighted by molar-refractivity contribution is -0.384. The fourth-order valence-corrected chi connectivity index (χ4v) is 4.19. The van der Waals surface area contributed by atoms with E-state index in [1.807, 2.05) is 0 Å². The number of nitrogens with zero attached hydrogens (tertiary/aromatic N) is 1. The summed E-state index contributed by atoms with van der Waals surface area (Å²) in [7, 11) is 2.48. The molecule has 2 aromatic rings. The second kappa shape index (κ2) is 11.9. The predicted octanol–water partition coefficient (Wildman–Crippen LogP) is 3.39. The number of hydrogen-bond acceptors (Lipinski definition) is 11. The Labute approximate surface area is 205 Å². The number of esters is 2. The molecule has 186 valence electrons. The number of ether oxygens (including phenoxy) is 2. The number of rotatable bonds is 6. The smallest absolute Gasteiger partial charge is 0.355 e. The molecule has 0 aliphatic heterocycles. The molecule has 2 heterocycles. The van der Waals surface area contributed by atoms with Crippen LogP contribution < -0.4 is 5.73 Å². The van der Waals surface area contributed by atoms with Crippen LogP contribution in [0.4, 0.5) is 11.4 Å². The molecule has 0 amide bonds. The van der Waals surface area contributed by atoms with Crippen LogP contribution in [0.2, 0.25) is 0 Å². The minimum absolute atomic E-state index is 0.109. The Balaban J connectivity index is 0.000000342. The highest BCUT2D eigenvalue weighted by atomic mass is 32.1. The van der Waals surface area contributed by atoms with Gasteiger partial charge < -0.3 is 25.4 Å². The second-order valence-corrected chi connectivity index (χ2v) is 10.4. The Morgan fingerprint density at radius 1 is 1.09 bits per heavy atom. The number of anilines is 1. The SMILES string of the molecule is COC(=O)c1sc(C#CC(C)(C)O)cc1[N+](=O)[O-].COC(=O)c1sc(CCC(C)(C)O)cc1N. The van der Waals surface area contributed by atoms with Crippen LogP contribution in [-0.2, 0) is 15.9 Å². The molecule has 2 aromatic heterocycles. The minimum Gasteiger partial charge on any atom is -0.465 e. The number of thiophene rings is 2. The number of carbonyl (C=O) groups is 2. The van der Waals surface area contributed by atoms with Gasteiger partial charge in [-0.25, -0.2) is 9.59 Å². The van der Waals surface area contributed by atoms with E-state index in [0.717, 1.165) is 23.3 Å². The number of nitrogens with two attached hydrogens (primary N) is 1. The van der Waals surface area contributed by atoms with Gasteiger partial charge in [-0.15, -0.1) is 22.7 Å². The summed E-state index contributed by atoms with van der Waals surface area (Å²) in [5, 5.41) is 29.8. The molecule has 34 heavy (non-hydrogen) atoms. The zero-order valence-electron chi connectivity index (χ0n) is 19.8. The van der Waals surface area contributed by atoms with Crippen molar-refractivity contribution < 1.29 is 34.2 Å². The van der Waals surface area contributed by atoms with Crippen molar-refractivity contribution in [1.29, 1.82) is 0 Å². The number of aryl methyl sites for hydroxylation is 1. The molecule has 10 nitrogen and oxygen atoms in total. The summed E-state index contributed by atoms with van der Waals surface area (Å²) in [6, 6.07) is 2.96. The zero-order chi connectivity index (χ0) is 26.3. The van der Waals surface area contributed by atoms with E-state index in [9.17, 15) is 29.9 Å². The van der Waals surface area contributed by atoms with Gasteiger partial charge in [-0.05, 0) is 46.6 Å². The summed E-state index contributed by atoms with van der Waals surface area (Å²) in [4.78, 5) is 34.4. The normalized spacial score (nSPS) is 10.9. The van der Waals surface area contributed by atoms with Crippen molar-refractivity contribution in [2.75, 3.05) is 20.0 Å². The maximum absolute atomic E-state index is 11.3. The van der Waals surface area contributed by atoms with Gasteiger partial charge in [0.2, 0.25) is 0 Å². The summed E-state index contributed by atoms with van der Waals surface area (Å²) in [5.41, 5.74) is 3.90. The molecule has 0 saturated heterocycles. The summed E-state index contributed by atoms with van der Waals surface area (Å²) in [6.07, 6.45) is 1.34. The summed E-state index contributed by atoms with van der Waals surface area (Å²) >= 11 is 2.18. The monoisotopic (exact) mass is 512 g/mol. The molecule has 0 aliphatic rings. The van der Waals surface area contributed by atoms with Gasteiger partial charge in [-0.2, -0.15) is 0 Å². The van der Waals surface area contributed by atoms with Gasteiger partial charge in [0.25, 0.3) is 5.69 Å². The largest absolute Gasteiger partial charge is 0.465 e. The Kier molecular flexibility index (Phi) is 10.2. The number of aliphatic hydroxyl groups is 2. The average Bonchev–Trinajstić information content (AvgIpc) is 3.33. The number of methoxy groups -OCH3 is 2. The van der Waals surface area contributed by atoms with E-state index in [1.165, 1.54) is 38.4 Å². The molecule has 0 atom stereocenters. The quantitative estimate of drug-likeness (QED) is 0.228. The van der Waals surface area contributed by atoms with Gasteiger partial charge in [0.05, 0.1) is 35.3 Å². The fraction of sp³-hybridized carbons (Fsp3) is 0.455. The highest BCUT2D eigenvalue weighted by molar-refractivity contribution is 7.15. The first-order valence-electron chi connectivity index (χ1n) is 9.89. The number of carbonyl (C=O) groups excluding carboxylic acids is 2. The van der Waals surface area contributed by atoms with Gasteiger partial charge in [0, 0.05) is 10.9 Å². The van der Waals surface area contributed by atoms with Crippen LogP contribution in [0, 0.1) is 22.0 Å². The van der Waals surface area contributed by atoms with E-state index in [4.69, 9.17) is 5.73 Å². The third-order valence-electron chi connectivity index (χ3n) is 3.94. The van der Waals surface area contributed by atoms with E-state index in [1.54, 1.807) is 19.9 Å². The van der Waals surface area contributed by atoms with E-state index in [-0.39, 0.29) is 10.6 Å². The Hall–Kier alpha value is -2.98. The highest BCUT2D eigenvalue weighted by Gasteiger charge is 2.25. The van der Waals surface area contributed by atoms with Crippen LogP contribution >= 0.6 is 22.7 Å². The molecule has 0 saturated carbocycles. The molecule has 2 rings (SSSR count). The predicted molar refractivity (Wildman–Crippen MR) is 130 cm³/mol. The van der Waals surface area contributed by atoms with E-state index in [0.29, 0.717) is 28.3 Å². The molecule has 12 heteroatoms. The second-order valence-electron chi connectivity index (χ2n) is 8.18. The molecule has 0 spiro atoms. The molecule has 0 bridgehead atoms. The summed E-state index contributed by atoms with van der Waals surface area (Å²) < 4.78 is 9.07. The Morgan fingerprint density at radius 3 is 2.12 bits per heavy atom. The molecule has 0 radical (unpaired) electrons. The van der Waals surface area contributed by atoms with Crippen molar-refractivity contribution in [3.05, 3.63) is 41.8 Å². The standard InChI is InChI=1S/C11H11NO5S.C11H17NO3S/c1-11(2,14)5-4-7-6-8(12(15)16)9(18-7)10(13)17-3;1-11(2,14)5-4-7-6-8(12)9(16-7)10(13)15-3/h6,14H,1-3H3;6,14H,4-5,12H2,1-3H3. The third kappa shape index (κ3) is 9.48. The lowest BCUT2D eigenvalue weighted by Crippen LogP contribution is -2.18. The first kappa shape index (κ1) is 29.1. The molecule has 0 fully saturated rings. The van der Waals surface area contributed by atoms with Gasteiger partial charge in [-0.3, -0.25) is 10.1 Å². The average molecular weight is 513 g/mol. The van der Waals surface area contributed by atoms with Crippen molar-refractivity contribution in [3.63, 3.8) is 0 Å². The lowest BCUT2D eigenvalue weighted by Gasteiger charge is -2.15. The van der Waals surface area contributed by atoms with Gasteiger partial charge >= 0.3 is 11.9 Å². The van der Waals surface area contributed by atoms with E-state index in [2.05, 4.69) is 21.3 Å². The number of hydrogen-bond donors (Lipinski definition) is 3. The van der Waals surface area contributed by atoms with Gasteiger partial charge in [-0.1, -0.05) is 11.8 Å². The van der Waals surface area contributed by atoms with Gasteiger partial charge in [0.15, 0.2) is 4.88 Å². The topological polar surface area (TPSA) is 162 Å². The molecule has 0 aromatic carbocycles.